The van der Waals surface area contributed by atoms with Crippen LogP contribution in [0.1, 0.15) is 18.5 Å². The number of ether oxygens (including phenoxy) is 1. The minimum atomic E-state index is -0.244. The molecule has 1 aliphatic heterocycles. The molecule has 2 rings (SSSR count). The lowest BCUT2D eigenvalue weighted by Crippen LogP contribution is -2.47. The third-order valence-electron chi connectivity index (χ3n) is 3.37. The zero-order valence-corrected chi connectivity index (χ0v) is 12.0. The Balaban J connectivity index is 2.23. The molecule has 1 aromatic rings. The molecule has 2 N–H and O–H groups in total. The highest BCUT2D eigenvalue weighted by atomic mass is 79.9. The summed E-state index contributed by atoms with van der Waals surface area (Å²) in [7, 11) is 0. The second kappa shape index (κ2) is 6.10. The monoisotopic (exact) mass is 316 g/mol. The Bertz CT molecular complexity index is 416. The van der Waals surface area contributed by atoms with Crippen molar-refractivity contribution in [2.75, 3.05) is 26.3 Å². The molecule has 1 heterocycles. The first kappa shape index (κ1) is 13.9. The molecule has 0 bridgehead atoms. The van der Waals surface area contributed by atoms with Crippen LogP contribution in [0.2, 0.25) is 0 Å². The maximum Gasteiger partial charge on any atom is 0.137 e. The molecule has 2 atom stereocenters. The SMILES string of the molecule is CC1COCCN1C(CN)c1ccc(Br)c(F)c1. The van der Waals surface area contributed by atoms with Gasteiger partial charge in [-0.2, -0.15) is 0 Å². The Labute approximate surface area is 115 Å². The molecule has 0 aromatic heterocycles. The van der Waals surface area contributed by atoms with Gasteiger partial charge < -0.3 is 10.5 Å². The first-order chi connectivity index (χ1) is 8.63. The van der Waals surface area contributed by atoms with Crippen LogP contribution < -0.4 is 5.73 Å². The third kappa shape index (κ3) is 2.91. The zero-order chi connectivity index (χ0) is 13.1. The predicted octanol–water partition coefficient (Wildman–Crippen LogP) is 2.31. The van der Waals surface area contributed by atoms with Crippen molar-refractivity contribution in [1.82, 2.24) is 4.90 Å². The fourth-order valence-corrected chi connectivity index (χ4v) is 2.63. The summed E-state index contributed by atoms with van der Waals surface area (Å²) in [4.78, 5) is 2.28. The van der Waals surface area contributed by atoms with Gasteiger partial charge in [0.05, 0.1) is 17.7 Å². The largest absolute Gasteiger partial charge is 0.379 e. The second-order valence-electron chi connectivity index (χ2n) is 4.59. The van der Waals surface area contributed by atoms with Gasteiger partial charge in [-0.25, -0.2) is 4.39 Å². The van der Waals surface area contributed by atoms with Gasteiger partial charge >= 0.3 is 0 Å². The Hall–Kier alpha value is -0.490. The molecule has 0 amide bonds. The van der Waals surface area contributed by atoms with Crippen molar-refractivity contribution in [1.29, 1.82) is 0 Å². The van der Waals surface area contributed by atoms with Crippen molar-refractivity contribution >= 4 is 15.9 Å². The number of hydrogen-bond acceptors (Lipinski definition) is 3. The predicted molar refractivity (Wildman–Crippen MR) is 72.9 cm³/mol. The summed E-state index contributed by atoms with van der Waals surface area (Å²) in [6.07, 6.45) is 0. The number of morpholine rings is 1. The van der Waals surface area contributed by atoms with E-state index in [0.717, 1.165) is 12.1 Å². The van der Waals surface area contributed by atoms with Crippen molar-refractivity contribution in [3.05, 3.63) is 34.1 Å². The number of halogens is 2. The smallest absolute Gasteiger partial charge is 0.137 e. The molecule has 18 heavy (non-hydrogen) atoms. The summed E-state index contributed by atoms with van der Waals surface area (Å²) in [6.45, 7) is 4.83. The number of rotatable bonds is 3. The molecule has 1 aliphatic rings. The topological polar surface area (TPSA) is 38.5 Å². The van der Waals surface area contributed by atoms with Gasteiger partial charge in [-0.05, 0) is 40.5 Å². The van der Waals surface area contributed by atoms with Gasteiger partial charge in [-0.15, -0.1) is 0 Å². The minimum absolute atomic E-state index is 0.0477. The average Bonchev–Trinajstić information content (AvgIpc) is 2.37. The quantitative estimate of drug-likeness (QED) is 0.930. The zero-order valence-electron chi connectivity index (χ0n) is 10.4. The molecule has 0 saturated carbocycles. The van der Waals surface area contributed by atoms with Crippen molar-refractivity contribution < 1.29 is 9.13 Å². The lowest BCUT2D eigenvalue weighted by atomic mass is 10.0. The van der Waals surface area contributed by atoms with Gasteiger partial charge in [0.15, 0.2) is 0 Å². The van der Waals surface area contributed by atoms with E-state index < -0.39 is 0 Å². The first-order valence-corrected chi connectivity index (χ1v) is 6.91. The van der Waals surface area contributed by atoms with E-state index in [9.17, 15) is 4.39 Å². The van der Waals surface area contributed by atoms with E-state index in [0.29, 0.717) is 30.3 Å². The molecule has 5 heteroatoms. The van der Waals surface area contributed by atoms with Crippen molar-refractivity contribution in [2.24, 2.45) is 5.73 Å². The Morgan fingerprint density at radius 2 is 2.39 bits per heavy atom. The summed E-state index contributed by atoms with van der Waals surface area (Å²) < 4.78 is 19.5. The van der Waals surface area contributed by atoms with Gasteiger partial charge in [0.25, 0.3) is 0 Å². The third-order valence-corrected chi connectivity index (χ3v) is 4.01. The van der Waals surface area contributed by atoms with Crippen LogP contribution in [0.15, 0.2) is 22.7 Å². The fourth-order valence-electron chi connectivity index (χ4n) is 2.39. The summed E-state index contributed by atoms with van der Waals surface area (Å²) in [5.41, 5.74) is 6.79. The Morgan fingerprint density at radius 1 is 1.61 bits per heavy atom. The lowest BCUT2D eigenvalue weighted by Gasteiger charge is -2.39. The van der Waals surface area contributed by atoms with Crippen LogP contribution in [0, 0.1) is 5.82 Å². The molecule has 0 radical (unpaired) electrons. The lowest BCUT2D eigenvalue weighted by molar-refractivity contribution is -0.0209. The fraction of sp³-hybridized carbons (Fsp3) is 0.538. The van der Waals surface area contributed by atoms with Gasteiger partial charge in [0.1, 0.15) is 5.82 Å². The number of hydrogen-bond donors (Lipinski definition) is 1. The van der Waals surface area contributed by atoms with E-state index in [1.165, 1.54) is 0 Å². The highest BCUT2D eigenvalue weighted by Crippen LogP contribution is 2.26. The van der Waals surface area contributed by atoms with Gasteiger partial charge in [-0.1, -0.05) is 6.07 Å². The van der Waals surface area contributed by atoms with Crippen LogP contribution in [0.25, 0.3) is 0 Å². The van der Waals surface area contributed by atoms with Gasteiger partial charge in [0.2, 0.25) is 0 Å². The molecule has 1 fully saturated rings. The van der Waals surface area contributed by atoms with E-state index in [1.54, 1.807) is 12.1 Å². The molecule has 1 aromatic carbocycles. The normalized spacial score (nSPS) is 23.0. The van der Waals surface area contributed by atoms with E-state index in [1.807, 2.05) is 6.07 Å². The maximum absolute atomic E-state index is 13.6. The molecule has 2 unspecified atom stereocenters. The molecular formula is C13H18BrFN2O. The molecule has 0 aliphatic carbocycles. The Morgan fingerprint density at radius 3 is 3.00 bits per heavy atom. The summed E-state index contributed by atoms with van der Waals surface area (Å²) in [5, 5.41) is 0. The second-order valence-corrected chi connectivity index (χ2v) is 5.44. The highest BCUT2D eigenvalue weighted by Gasteiger charge is 2.27. The molecule has 0 spiro atoms. The van der Waals surface area contributed by atoms with Crippen LogP contribution in [-0.4, -0.2) is 37.2 Å². The van der Waals surface area contributed by atoms with Crippen LogP contribution >= 0.6 is 15.9 Å². The molecular weight excluding hydrogens is 299 g/mol. The average molecular weight is 317 g/mol. The van der Waals surface area contributed by atoms with Crippen LogP contribution in [0.5, 0.6) is 0 Å². The van der Waals surface area contributed by atoms with Crippen molar-refractivity contribution in [3.8, 4) is 0 Å². The molecule has 3 nitrogen and oxygen atoms in total. The van der Waals surface area contributed by atoms with E-state index >= 15 is 0 Å². The van der Waals surface area contributed by atoms with Gasteiger partial charge in [0, 0.05) is 25.2 Å². The minimum Gasteiger partial charge on any atom is -0.379 e. The maximum atomic E-state index is 13.6. The van der Waals surface area contributed by atoms with E-state index in [2.05, 4.69) is 27.8 Å². The van der Waals surface area contributed by atoms with E-state index in [4.69, 9.17) is 10.5 Å². The highest BCUT2D eigenvalue weighted by molar-refractivity contribution is 9.10. The Kier molecular flexibility index (Phi) is 4.72. The standard InChI is InChI=1S/C13H18BrFN2O/c1-9-8-18-5-4-17(9)13(7-16)10-2-3-11(14)12(15)6-10/h2-3,6,9,13H,4-5,7-8,16H2,1H3. The van der Waals surface area contributed by atoms with Crippen LogP contribution in [-0.2, 0) is 4.74 Å². The number of nitrogens with zero attached hydrogens (tertiary/aromatic N) is 1. The summed E-state index contributed by atoms with van der Waals surface area (Å²) in [5.74, 6) is -0.244. The van der Waals surface area contributed by atoms with Crippen molar-refractivity contribution in [2.45, 2.75) is 19.0 Å². The van der Waals surface area contributed by atoms with Gasteiger partial charge in [-0.3, -0.25) is 4.90 Å². The first-order valence-electron chi connectivity index (χ1n) is 6.12. The summed E-state index contributed by atoms with van der Waals surface area (Å²) in [6, 6.07) is 5.57. The molecule has 1 saturated heterocycles. The number of nitrogens with two attached hydrogens (primary N) is 1. The molecule has 100 valence electrons. The number of benzene rings is 1. The summed E-state index contributed by atoms with van der Waals surface area (Å²) >= 11 is 3.17. The van der Waals surface area contributed by atoms with Crippen LogP contribution in [0.3, 0.4) is 0 Å². The van der Waals surface area contributed by atoms with Crippen molar-refractivity contribution in [3.63, 3.8) is 0 Å². The van der Waals surface area contributed by atoms with Crippen LogP contribution in [0.4, 0.5) is 4.39 Å². The van der Waals surface area contributed by atoms with E-state index in [-0.39, 0.29) is 11.9 Å².